The number of amides is 1. The summed E-state index contributed by atoms with van der Waals surface area (Å²) in [5.74, 6) is -0.178. The van der Waals surface area contributed by atoms with Crippen LogP contribution in [0.5, 0.6) is 0 Å². The molecule has 0 unspecified atom stereocenters. The van der Waals surface area contributed by atoms with Crippen molar-refractivity contribution < 1.29 is 23.1 Å². The normalized spacial score (nSPS) is 17.9. The third-order valence-corrected chi connectivity index (χ3v) is 7.07. The summed E-state index contributed by atoms with van der Waals surface area (Å²) in [4.78, 5) is 14.6. The third-order valence-electron chi connectivity index (χ3n) is 7.07. The van der Waals surface area contributed by atoms with Gasteiger partial charge in [0.15, 0.2) is 5.82 Å². The summed E-state index contributed by atoms with van der Waals surface area (Å²) in [5, 5.41) is 21.7. The van der Waals surface area contributed by atoms with E-state index in [-0.39, 0.29) is 29.8 Å². The number of nitrogens with zero attached hydrogens (tertiary/aromatic N) is 4. The second-order valence-electron chi connectivity index (χ2n) is 9.62. The first kappa shape index (κ1) is 23.5. The maximum atomic E-state index is 14.0. The van der Waals surface area contributed by atoms with Gasteiger partial charge in [0.2, 0.25) is 0 Å². The number of fused-ring (bicyclic) bond motifs is 1. The zero-order valence-corrected chi connectivity index (χ0v) is 19.4. The lowest BCUT2D eigenvalue weighted by atomic mass is 9.78. The third kappa shape index (κ3) is 4.32. The first-order valence-electron chi connectivity index (χ1n) is 11.5. The van der Waals surface area contributed by atoms with E-state index in [4.69, 9.17) is 0 Å². The van der Waals surface area contributed by atoms with Gasteiger partial charge in [-0.05, 0) is 67.1 Å². The number of alkyl halides is 3. The summed E-state index contributed by atoms with van der Waals surface area (Å²) in [6, 6.07) is 9.28. The Kier molecular flexibility index (Phi) is 5.68. The van der Waals surface area contributed by atoms with Crippen LogP contribution in [0.4, 0.5) is 18.9 Å². The highest BCUT2D eigenvalue weighted by atomic mass is 19.4. The lowest BCUT2D eigenvalue weighted by Crippen LogP contribution is -2.47. The SMILES string of the molecule is Cn1cnnc1[C@H](O)c1cccc(N2Cc3c(cc(CNC4(C)CCC4)cc3C(F)(F)F)C2=O)c1. The van der Waals surface area contributed by atoms with Crippen molar-refractivity contribution in [3.8, 4) is 0 Å². The van der Waals surface area contributed by atoms with Gasteiger partial charge in [0.1, 0.15) is 12.4 Å². The van der Waals surface area contributed by atoms with Crippen molar-refractivity contribution in [1.29, 1.82) is 0 Å². The predicted octanol–water partition coefficient (Wildman–Crippen LogP) is 4.11. The Balaban J connectivity index is 1.46. The van der Waals surface area contributed by atoms with E-state index < -0.39 is 23.8 Å². The highest BCUT2D eigenvalue weighted by molar-refractivity contribution is 6.10. The zero-order chi connectivity index (χ0) is 25.0. The first-order chi connectivity index (χ1) is 16.6. The van der Waals surface area contributed by atoms with Crippen LogP contribution in [0, 0.1) is 0 Å². The Labute approximate surface area is 200 Å². The molecule has 0 bridgehead atoms. The minimum Gasteiger partial charge on any atom is -0.380 e. The minimum atomic E-state index is -4.58. The standard InChI is InChI=1S/C25H26F3N5O2/c1-24(7-4-8-24)29-12-15-9-18-19(20(10-15)25(26,27)28)13-33(23(18)35)17-6-3-5-16(11-17)21(34)22-31-30-14-32(22)2/h3,5-6,9-11,14,21,29,34H,4,7-8,12-13H2,1-2H3/t21-/m1/s1. The smallest absolute Gasteiger partial charge is 0.380 e. The first-order valence-corrected chi connectivity index (χ1v) is 11.5. The fourth-order valence-corrected chi connectivity index (χ4v) is 4.78. The Hall–Kier alpha value is -3.24. The van der Waals surface area contributed by atoms with E-state index in [9.17, 15) is 23.1 Å². The topological polar surface area (TPSA) is 83.3 Å². The van der Waals surface area contributed by atoms with E-state index in [1.165, 1.54) is 11.2 Å². The maximum Gasteiger partial charge on any atom is 0.416 e. The Morgan fingerprint density at radius 3 is 2.63 bits per heavy atom. The molecule has 0 radical (unpaired) electrons. The lowest BCUT2D eigenvalue weighted by molar-refractivity contribution is -0.138. The fraction of sp³-hybridized carbons (Fsp3) is 0.400. The van der Waals surface area contributed by atoms with E-state index in [0.717, 1.165) is 25.3 Å². The van der Waals surface area contributed by atoms with Gasteiger partial charge in [-0.2, -0.15) is 13.2 Å². The molecule has 1 aromatic heterocycles. The molecular weight excluding hydrogens is 459 g/mol. The molecule has 35 heavy (non-hydrogen) atoms. The molecule has 184 valence electrons. The van der Waals surface area contributed by atoms with Crippen molar-refractivity contribution in [2.24, 2.45) is 7.05 Å². The maximum absolute atomic E-state index is 14.0. The molecule has 1 fully saturated rings. The highest BCUT2D eigenvalue weighted by Gasteiger charge is 2.41. The number of aliphatic hydroxyl groups excluding tert-OH is 1. The number of carbonyl (C=O) groups is 1. The van der Waals surface area contributed by atoms with Crippen LogP contribution in [-0.2, 0) is 26.3 Å². The molecule has 1 atom stereocenters. The van der Waals surface area contributed by atoms with Crippen LogP contribution in [-0.4, -0.2) is 31.3 Å². The molecule has 2 aromatic carbocycles. The van der Waals surface area contributed by atoms with E-state index in [1.807, 2.05) is 0 Å². The number of aromatic nitrogens is 3. The van der Waals surface area contributed by atoms with Crippen molar-refractivity contribution >= 4 is 11.6 Å². The number of rotatable bonds is 6. The Bertz CT molecular complexity index is 1280. The van der Waals surface area contributed by atoms with Gasteiger partial charge in [0, 0.05) is 30.4 Å². The van der Waals surface area contributed by atoms with E-state index >= 15 is 0 Å². The molecule has 5 rings (SSSR count). The van der Waals surface area contributed by atoms with Gasteiger partial charge in [0.05, 0.1) is 12.1 Å². The molecular formula is C25H26F3N5O2. The second-order valence-corrected chi connectivity index (χ2v) is 9.62. The molecule has 2 heterocycles. The lowest BCUT2D eigenvalue weighted by Gasteiger charge is -2.39. The van der Waals surface area contributed by atoms with Gasteiger partial charge < -0.3 is 19.9 Å². The van der Waals surface area contributed by atoms with Crippen molar-refractivity contribution in [1.82, 2.24) is 20.1 Å². The van der Waals surface area contributed by atoms with Crippen molar-refractivity contribution in [3.63, 3.8) is 0 Å². The number of nitrogens with one attached hydrogen (secondary N) is 1. The van der Waals surface area contributed by atoms with Crippen molar-refractivity contribution in [3.05, 3.63) is 76.4 Å². The Morgan fingerprint density at radius 2 is 2.00 bits per heavy atom. The van der Waals surface area contributed by atoms with Gasteiger partial charge in [-0.25, -0.2) is 0 Å². The Morgan fingerprint density at radius 1 is 1.23 bits per heavy atom. The number of benzene rings is 2. The molecule has 0 spiro atoms. The van der Waals surface area contributed by atoms with Crippen LogP contribution in [0.1, 0.15) is 70.7 Å². The summed E-state index contributed by atoms with van der Waals surface area (Å²) in [6.07, 6.45) is -1.17. The van der Waals surface area contributed by atoms with Crippen LogP contribution in [0.2, 0.25) is 0 Å². The largest absolute Gasteiger partial charge is 0.416 e. The fourth-order valence-electron chi connectivity index (χ4n) is 4.78. The van der Waals surface area contributed by atoms with Crippen LogP contribution >= 0.6 is 0 Å². The van der Waals surface area contributed by atoms with Gasteiger partial charge in [-0.3, -0.25) is 4.79 Å². The highest BCUT2D eigenvalue weighted by Crippen LogP contribution is 2.40. The number of carbonyl (C=O) groups excluding carboxylic acids is 1. The average molecular weight is 486 g/mol. The van der Waals surface area contributed by atoms with Gasteiger partial charge in [-0.1, -0.05) is 12.1 Å². The molecule has 7 nitrogen and oxygen atoms in total. The molecule has 3 aromatic rings. The summed E-state index contributed by atoms with van der Waals surface area (Å²) >= 11 is 0. The van der Waals surface area contributed by atoms with Gasteiger partial charge in [0.25, 0.3) is 5.91 Å². The minimum absolute atomic E-state index is 0.0274. The number of anilines is 1. The zero-order valence-electron chi connectivity index (χ0n) is 19.4. The molecule has 1 aliphatic heterocycles. The van der Waals surface area contributed by atoms with Crippen LogP contribution in [0.3, 0.4) is 0 Å². The quantitative estimate of drug-likeness (QED) is 0.549. The molecule has 2 aliphatic rings. The summed E-state index contributed by atoms with van der Waals surface area (Å²) in [6.45, 7) is 2.13. The van der Waals surface area contributed by atoms with Gasteiger partial charge in [-0.15, -0.1) is 10.2 Å². The molecule has 2 N–H and O–H groups in total. The van der Waals surface area contributed by atoms with Crippen LogP contribution in [0.15, 0.2) is 42.7 Å². The summed E-state index contributed by atoms with van der Waals surface area (Å²) in [7, 11) is 1.69. The molecule has 0 saturated heterocycles. The monoisotopic (exact) mass is 485 g/mol. The summed E-state index contributed by atoms with van der Waals surface area (Å²) in [5.41, 5.74) is 0.478. The summed E-state index contributed by atoms with van der Waals surface area (Å²) < 4.78 is 43.6. The molecule has 1 aliphatic carbocycles. The second kappa shape index (κ2) is 8.46. The van der Waals surface area contributed by atoms with Crippen molar-refractivity contribution in [2.75, 3.05) is 4.90 Å². The number of aliphatic hydroxyl groups is 1. The van der Waals surface area contributed by atoms with E-state index in [1.54, 1.807) is 41.9 Å². The van der Waals surface area contributed by atoms with Crippen LogP contribution < -0.4 is 10.2 Å². The predicted molar refractivity (Wildman–Crippen MR) is 123 cm³/mol. The molecule has 10 heteroatoms. The average Bonchev–Trinajstić information content (AvgIpc) is 3.38. The molecule has 1 amide bonds. The number of halogens is 3. The number of hydrogen-bond donors (Lipinski definition) is 2. The van der Waals surface area contributed by atoms with Crippen molar-refractivity contribution in [2.45, 2.75) is 57.1 Å². The van der Waals surface area contributed by atoms with E-state index in [0.29, 0.717) is 22.6 Å². The van der Waals surface area contributed by atoms with Gasteiger partial charge >= 0.3 is 6.18 Å². The number of aryl methyl sites for hydroxylation is 1. The van der Waals surface area contributed by atoms with Crippen LogP contribution in [0.25, 0.3) is 0 Å². The van der Waals surface area contributed by atoms with E-state index in [2.05, 4.69) is 22.4 Å². The number of hydrogen-bond acceptors (Lipinski definition) is 5. The molecule has 1 saturated carbocycles.